The van der Waals surface area contributed by atoms with Crippen molar-refractivity contribution in [2.24, 2.45) is 0 Å². The molecule has 1 saturated heterocycles. The molecule has 6 nitrogen and oxygen atoms in total. The lowest BCUT2D eigenvalue weighted by Crippen LogP contribution is -2.52. The van der Waals surface area contributed by atoms with Crippen LogP contribution in [0.4, 0.5) is 5.82 Å². The molecule has 0 aliphatic carbocycles. The highest BCUT2D eigenvalue weighted by atomic mass is 16.6. The highest BCUT2D eigenvalue weighted by molar-refractivity contribution is 5.87. The second-order valence-corrected chi connectivity index (χ2v) is 6.57. The maximum absolute atomic E-state index is 12.5. The first kappa shape index (κ1) is 16.6. The minimum atomic E-state index is -0.0728. The molecule has 1 aliphatic heterocycles. The summed E-state index contributed by atoms with van der Waals surface area (Å²) in [7, 11) is 1.66. The summed E-state index contributed by atoms with van der Waals surface area (Å²) in [5.41, 5.74) is 2.71. The molecule has 0 saturated carbocycles. The molecule has 1 fully saturated rings. The summed E-state index contributed by atoms with van der Waals surface area (Å²) >= 11 is 0. The van der Waals surface area contributed by atoms with Gasteiger partial charge in [0.15, 0.2) is 0 Å². The van der Waals surface area contributed by atoms with E-state index in [2.05, 4.69) is 15.2 Å². The predicted molar refractivity (Wildman–Crippen MR) is 103 cm³/mol. The molecule has 1 aromatic carbocycles. The standard InChI is InChI=1S/C20H22N4O2/c1-14-4-3-5-16-17(14)12-18(22-20(16)25)15-6-7-19(24(13-15)26-2)23-10-8-21-9-11-23/h3-7,12-13,21H,8-11H2,1-2H3/p+1. The third-order valence-corrected chi connectivity index (χ3v) is 4.95. The van der Waals surface area contributed by atoms with Crippen LogP contribution in [0.15, 0.2) is 47.4 Å². The van der Waals surface area contributed by atoms with E-state index in [1.807, 2.05) is 49.5 Å². The summed E-state index contributed by atoms with van der Waals surface area (Å²) in [6.07, 6.45) is 1.92. The second kappa shape index (κ2) is 6.80. The maximum Gasteiger partial charge on any atom is 0.316 e. The lowest BCUT2D eigenvalue weighted by molar-refractivity contribution is -0.875. The number of H-pyrrole nitrogens is 1. The molecule has 0 atom stereocenters. The van der Waals surface area contributed by atoms with E-state index in [1.165, 1.54) is 0 Å². The topological polar surface area (TPSA) is 61.2 Å². The van der Waals surface area contributed by atoms with Crippen LogP contribution in [0.5, 0.6) is 0 Å². The first-order chi connectivity index (χ1) is 12.7. The number of hydrogen-bond donors (Lipinski definition) is 2. The highest BCUT2D eigenvalue weighted by Crippen LogP contribution is 2.22. The number of pyridine rings is 2. The van der Waals surface area contributed by atoms with E-state index in [0.717, 1.165) is 54.2 Å². The SMILES string of the molecule is CO[n+]1cc(-c2cc3c(C)cccc3c(=O)[nH]2)ccc1N1CCNCC1. The molecule has 6 heteroatoms. The van der Waals surface area contributed by atoms with Crippen LogP contribution in [0.1, 0.15) is 5.56 Å². The lowest BCUT2D eigenvalue weighted by Gasteiger charge is -2.23. The quantitative estimate of drug-likeness (QED) is 0.698. The highest BCUT2D eigenvalue weighted by Gasteiger charge is 2.23. The molecule has 3 aromatic rings. The third-order valence-electron chi connectivity index (χ3n) is 4.95. The molecule has 3 heterocycles. The molecular weight excluding hydrogens is 328 g/mol. The number of nitrogens with zero attached hydrogens (tertiary/aromatic N) is 2. The normalized spacial score (nSPS) is 14.6. The van der Waals surface area contributed by atoms with E-state index in [1.54, 1.807) is 11.8 Å². The van der Waals surface area contributed by atoms with Crippen LogP contribution in [-0.4, -0.2) is 38.3 Å². The van der Waals surface area contributed by atoms with E-state index in [0.29, 0.717) is 5.39 Å². The minimum absolute atomic E-state index is 0.0728. The van der Waals surface area contributed by atoms with Gasteiger partial charge in [-0.25, -0.2) is 0 Å². The van der Waals surface area contributed by atoms with Gasteiger partial charge >= 0.3 is 5.82 Å². The van der Waals surface area contributed by atoms with E-state index in [4.69, 9.17) is 4.84 Å². The number of rotatable bonds is 3. The van der Waals surface area contributed by atoms with E-state index in [9.17, 15) is 4.79 Å². The Bertz CT molecular complexity index is 1010. The first-order valence-electron chi connectivity index (χ1n) is 8.86. The van der Waals surface area contributed by atoms with Gasteiger partial charge in [-0.2, -0.15) is 0 Å². The monoisotopic (exact) mass is 351 g/mol. The van der Waals surface area contributed by atoms with Gasteiger partial charge in [0.2, 0.25) is 0 Å². The van der Waals surface area contributed by atoms with Crippen LogP contribution in [0.2, 0.25) is 0 Å². The number of piperazine rings is 1. The zero-order valence-corrected chi connectivity index (χ0v) is 15.1. The molecule has 0 bridgehead atoms. The predicted octanol–water partition coefficient (Wildman–Crippen LogP) is 1.26. The fourth-order valence-electron chi connectivity index (χ4n) is 3.51. The molecule has 1 aliphatic rings. The van der Waals surface area contributed by atoms with Gasteiger partial charge in [0, 0.05) is 30.1 Å². The average molecular weight is 351 g/mol. The number of anilines is 1. The van der Waals surface area contributed by atoms with Crippen LogP contribution < -0.4 is 25.3 Å². The molecule has 2 aromatic heterocycles. The van der Waals surface area contributed by atoms with Crippen LogP contribution in [0.3, 0.4) is 0 Å². The summed E-state index contributed by atoms with van der Waals surface area (Å²) < 4.78 is 1.76. The van der Waals surface area contributed by atoms with Crippen molar-refractivity contribution in [3.8, 4) is 11.3 Å². The van der Waals surface area contributed by atoms with Gasteiger partial charge in [-0.3, -0.25) is 9.69 Å². The van der Waals surface area contributed by atoms with Crippen molar-refractivity contribution in [1.29, 1.82) is 0 Å². The Morgan fingerprint density at radius 2 is 1.92 bits per heavy atom. The van der Waals surface area contributed by atoms with Crippen LogP contribution in [0, 0.1) is 6.92 Å². The molecule has 2 N–H and O–H groups in total. The fraction of sp³-hybridized carbons (Fsp3) is 0.300. The Morgan fingerprint density at radius 3 is 2.69 bits per heavy atom. The lowest BCUT2D eigenvalue weighted by atomic mass is 10.0. The van der Waals surface area contributed by atoms with Gasteiger partial charge in [0.05, 0.1) is 18.8 Å². The largest absolute Gasteiger partial charge is 0.339 e. The van der Waals surface area contributed by atoms with Crippen molar-refractivity contribution in [3.63, 3.8) is 0 Å². The zero-order chi connectivity index (χ0) is 18.1. The summed E-state index contributed by atoms with van der Waals surface area (Å²) in [6, 6.07) is 11.9. The van der Waals surface area contributed by atoms with Gasteiger partial charge in [-0.1, -0.05) is 12.1 Å². The average Bonchev–Trinajstić information content (AvgIpc) is 2.69. The van der Waals surface area contributed by atoms with Crippen molar-refractivity contribution in [2.75, 3.05) is 38.2 Å². The Morgan fingerprint density at radius 1 is 1.12 bits per heavy atom. The van der Waals surface area contributed by atoms with Gasteiger partial charge in [0.25, 0.3) is 5.56 Å². The number of aromatic nitrogens is 2. The number of fused-ring (bicyclic) bond motifs is 1. The number of hydrogen-bond acceptors (Lipinski definition) is 4. The second-order valence-electron chi connectivity index (χ2n) is 6.57. The Balaban J connectivity index is 1.79. The smallest absolute Gasteiger partial charge is 0.316 e. The van der Waals surface area contributed by atoms with Gasteiger partial charge in [-0.15, -0.1) is 0 Å². The summed E-state index contributed by atoms with van der Waals surface area (Å²) in [5, 5.41) is 5.04. The molecular formula is C20H23N4O2+. The number of aromatic amines is 1. The van der Waals surface area contributed by atoms with E-state index >= 15 is 0 Å². The number of aryl methyl sites for hydroxylation is 1. The zero-order valence-electron chi connectivity index (χ0n) is 15.1. The fourth-order valence-corrected chi connectivity index (χ4v) is 3.51. The Labute approximate surface area is 152 Å². The van der Waals surface area contributed by atoms with E-state index in [-0.39, 0.29) is 5.56 Å². The molecule has 0 amide bonds. The maximum atomic E-state index is 12.5. The van der Waals surface area contributed by atoms with Crippen LogP contribution >= 0.6 is 0 Å². The molecule has 134 valence electrons. The third kappa shape index (κ3) is 2.93. The van der Waals surface area contributed by atoms with E-state index < -0.39 is 0 Å². The Hall–Kier alpha value is -2.86. The van der Waals surface area contributed by atoms with Crippen molar-refractivity contribution < 1.29 is 9.57 Å². The summed E-state index contributed by atoms with van der Waals surface area (Å²) in [6.45, 7) is 5.82. The van der Waals surface area contributed by atoms with Gasteiger partial charge in [-0.05, 0) is 40.8 Å². The minimum Gasteiger partial charge on any atom is -0.339 e. The summed E-state index contributed by atoms with van der Waals surface area (Å²) in [4.78, 5) is 23.3. The molecule has 0 spiro atoms. The molecule has 0 unspecified atom stereocenters. The van der Waals surface area contributed by atoms with Crippen molar-refractivity contribution in [1.82, 2.24) is 10.3 Å². The molecule has 4 rings (SSSR count). The van der Waals surface area contributed by atoms with Gasteiger partial charge < -0.3 is 15.1 Å². The number of benzene rings is 1. The Kier molecular flexibility index (Phi) is 4.34. The van der Waals surface area contributed by atoms with Crippen molar-refractivity contribution >= 4 is 16.6 Å². The van der Waals surface area contributed by atoms with Crippen molar-refractivity contribution in [2.45, 2.75) is 6.92 Å². The van der Waals surface area contributed by atoms with Crippen LogP contribution in [0.25, 0.3) is 22.0 Å². The first-order valence-corrected chi connectivity index (χ1v) is 8.86. The molecule has 26 heavy (non-hydrogen) atoms. The molecule has 0 radical (unpaired) electrons. The number of nitrogens with one attached hydrogen (secondary N) is 2. The van der Waals surface area contributed by atoms with Crippen LogP contribution in [-0.2, 0) is 0 Å². The van der Waals surface area contributed by atoms with Gasteiger partial charge in [0.1, 0.15) is 13.3 Å². The summed E-state index contributed by atoms with van der Waals surface area (Å²) in [5.74, 6) is 1.01. The van der Waals surface area contributed by atoms with Crippen molar-refractivity contribution in [3.05, 3.63) is 58.5 Å².